The average Bonchev–Trinajstić information content (AvgIpc) is 2.63. The Morgan fingerprint density at radius 3 is 2.81 bits per heavy atom. The summed E-state index contributed by atoms with van der Waals surface area (Å²) in [5, 5.41) is 14.3. The lowest BCUT2D eigenvalue weighted by Crippen LogP contribution is -2.45. The highest BCUT2D eigenvalue weighted by molar-refractivity contribution is 6.31. The fraction of sp³-hybridized carbons (Fsp3) is 0.222. The minimum absolute atomic E-state index is 0.193. The number of carbonyl (C=O) groups excluding carboxylic acids is 2. The quantitative estimate of drug-likeness (QED) is 0.625. The third-order valence-electron chi connectivity index (χ3n) is 4.15. The first-order valence-corrected chi connectivity index (χ1v) is 8.50. The van der Waals surface area contributed by atoms with Crippen LogP contribution in [0.25, 0.3) is 0 Å². The fourth-order valence-electron chi connectivity index (χ4n) is 2.81. The molecule has 2 aromatic carbocycles. The molecule has 0 radical (unpaired) electrons. The van der Waals surface area contributed by atoms with Gasteiger partial charge in [-0.3, -0.25) is 24.6 Å². The van der Waals surface area contributed by atoms with E-state index in [0.717, 1.165) is 5.56 Å². The van der Waals surface area contributed by atoms with Gasteiger partial charge < -0.3 is 10.1 Å². The molecule has 0 aliphatic carbocycles. The predicted molar refractivity (Wildman–Crippen MR) is 99.0 cm³/mol. The Kier molecular flexibility index (Phi) is 5.27. The molecular formula is C18H16ClN3O5. The fourth-order valence-corrected chi connectivity index (χ4v) is 3.11. The van der Waals surface area contributed by atoms with Gasteiger partial charge in [0.15, 0.2) is 6.61 Å². The minimum atomic E-state index is -0.572. The van der Waals surface area contributed by atoms with Crippen LogP contribution in [0.4, 0.5) is 11.4 Å². The summed E-state index contributed by atoms with van der Waals surface area (Å²) in [7, 11) is 0. The smallest absolute Gasteiger partial charge is 0.271 e. The molecule has 0 spiro atoms. The van der Waals surface area contributed by atoms with Gasteiger partial charge in [0.2, 0.25) is 5.91 Å². The number of nitro groups is 1. The van der Waals surface area contributed by atoms with Crippen molar-refractivity contribution in [2.75, 3.05) is 18.1 Å². The lowest BCUT2D eigenvalue weighted by molar-refractivity contribution is -0.384. The van der Waals surface area contributed by atoms with E-state index in [0.29, 0.717) is 10.8 Å². The van der Waals surface area contributed by atoms with E-state index in [2.05, 4.69) is 5.32 Å². The first kappa shape index (κ1) is 18.7. The number of anilines is 1. The van der Waals surface area contributed by atoms with Crippen molar-refractivity contribution >= 4 is 34.8 Å². The third-order valence-corrected chi connectivity index (χ3v) is 4.49. The second-order valence-electron chi connectivity index (χ2n) is 5.99. The zero-order valence-electron chi connectivity index (χ0n) is 14.3. The molecule has 140 valence electrons. The molecule has 1 aliphatic heterocycles. The molecule has 0 aromatic heterocycles. The van der Waals surface area contributed by atoms with Crippen molar-refractivity contribution in [2.45, 2.75) is 13.0 Å². The Balaban J connectivity index is 1.78. The number of hydrogen-bond acceptors (Lipinski definition) is 5. The third kappa shape index (κ3) is 4.01. The number of nitrogens with zero attached hydrogens (tertiary/aromatic N) is 2. The summed E-state index contributed by atoms with van der Waals surface area (Å²) in [5.41, 5.74) is 0.750. The molecular weight excluding hydrogens is 374 g/mol. The second-order valence-corrected chi connectivity index (χ2v) is 6.40. The predicted octanol–water partition coefficient (Wildman–Crippen LogP) is 2.85. The molecule has 27 heavy (non-hydrogen) atoms. The Hall–Kier alpha value is -3.13. The summed E-state index contributed by atoms with van der Waals surface area (Å²) in [5.74, 6) is -0.564. The Bertz CT molecular complexity index is 918. The number of rotatable bonds is 5. The van der Waals surface area contributed by atoms with Gasteiger partial charge in [-0.2, -0.15) is 0 Å². The van der Waals surface area contributed by atoms with Crippen LogP contribution in [-0.2, 0) is 9.59 Å². The Morgan fingerprint density at radius 2 is 2.11 bits per heavy atom. The number of fused-ring (bicyclic) bond motifs is 1. The zero-order valence-corrected chi connectivity index (χ0v) is 15.1. The zero-order chi connectivity index (χ0) is 19.6. The molecule has 3 rings (SSSR count). The maximum atomic E-state index is 12.5. The summed E-state index contributed by atoms with van der Waals surface area (Å²) in [6.07, 6.45) is 0. The van der Waals surface area contributed by atoms with E-state index >= 15 is 0 Å². The highest BCUT2D eigenvalue weighted by atomic mass is 35.5. The number of nitrogens with one attached hydrogen (secondary N) is 1. The number of hydrogen-bond donors (Lipinski definition) is 1. The van der Waals surface area contributed by atoms with Crippen molar-refractivity contribution in [3.63, 3.8) is 0 Å². The molecule has 9 heteroatoms. The monoisotopic (exact) mass is 389 g/mol. The summed E-state index contributed by atoms with van der Waals surface area (Å²) in [6, 6.07) is 10.7. The Morgan fingerprint density at radius 1 is 1.37 bits per heavy atom. The van der Waals surface area contributed by atoms with Crippen LogP contribution >= 0.6 is 11.6 Å². The highest BCUT2D eigenvalue weighted by Gasteiger charge is 2.29. The maximum Gasteiger partial charge on any atom is 0.271 e. The first-order chi connectivity index (χ1) is 12.9. The van der Waals surface area contributed by atoms with Gasteiger partial charge in [0.05, 0.1) is 16.7 Å². The number of nitro benzene ring substituents is 1. The molecule has 0 bridgehead atoms. The van der Waals surface area contributed by atoms with Crippen molar-refractivity contribution in [3.05, 3.63) is 63.2 Å². The van der Waals surface area contributed by atoms with Gasteiger partial charge in [-0.1, -0.05) is 29.8 Å². The standard InChI is InChI=1S/C18H16ClN3O5/c1-11(13-4-2-3-5-14(13)19)20-17(23)9-21-15-8-12(22(25)26)6-7-16(15)27-10-18(21)24/h2-8,11H,9-10H2,1H3,(H,20,23). The normalized spacial score (nSPS) is 14.1. The van der Waals surface area contributed by atoms with E-state index in [-0.39, 0.29) is 30.6 Å². The molecule has 1 aliphatic rings. The molecule has 8 nitrogen and oxygen atoms in total. The number of amides is 2. The van der Waals surface area contributed by atoms with Gasteiger partial charge in [-0.15, -0.1) is 0 Å². The molecule has 1 N–H and O–H groups in total. The summed E-state index contributed by atoms with van der Waals surface area (Å²) >= 11 is 6.14. The summed E-state index contributed by atoms with van der Waals surface area (Å²) < 4.78 is 5.29. The van der Waals surface area contributed by atoms with Gasteiger partial charge in [0.1, 0.15) is 12.3 Å². The number of carbonyl (C=O) groups is 2. The first-order valence-electron chi connectivity index (χ1n) is 8.12. The largest absolute Gasteiger partial charge is 0.482 e. The molecule has 0 saturated carbocycles. The van der Waals surface area contributed by atoms with Crippen LogP contribution in [0.3, 0.4) is 0 Å². The lowest BCUT2D eigenvalue weighted by atomic mass is 10.1. The SMILES string of the molecule is CC(NC(=O)CN1C(=O)COc2ccc([N+](=O)[O-])cc21)c1ccccc1Cl. The highest BCUT2D eigenvalue weighted by Crippen LogP contribution is 2.35. The molecule has 0 saturated heterocycles. The van der Waals surface area contributed by atoms with Gasteiger partial charge in [-0.25, -0.2) is 0 Å². The number of halogens is 1. The summed E-state index contributed by atoms with van der Waals surface area (Å²) in [6.45, 7) is 1.25. The van der Waals surface area contributed by atoms with Crippen molar-refractivity contribution < 1.29 is 19.2 Å². The molecule has 2 amide bonds. The average molecular weight is 390 g/mol. The molecule has 2 aromatic rings. The summed E-state index contributed by atoms with van der Waals surface area (Å²) in [4.78, 5) is 36.3. The van der Waals surface area contributed by atoms with E-state index in [9.17, 15) is 19.7 Å². The van der Waals surface area contributed by atoms with Crippen molar-refractivity contribution in [3.8, 4) is 5.75 Å². The topological polar surface area (TPSA) is 102 Å². The van der Waals surface area contributed by atoms with Crippen LogP contribution < -0.4 is 15.0 Å². The molecule has 1 heterocycles. The van der Waals surface area contributed by atoms with Crippen molar-refractivity contribution in [1.29, 1.82) is 0 Å². The van der Waals surface area contributed by atoms with E-state index in [1.807, 2.05) is 6.07 Å². The number of ether oxygens (including phenoxy) is 1. The Labute approximate surface area is 159 Å². The van der Waals surface area contributed by atoms with Crippen LogP contribution in [0.15, 0.2) is 42.5 Å². The van der Waals surface area contributed by atoms with Crippen LogP contribution in [0.1, 0.15) is 18.5 Å². The molecule has 1 atom stereocenters. The van der Waals surface area contributed by atoms with Crippen LogP contribution in [0, 0.1) is 10.1 Å². The van der Waals surface area contributed by atoms with E-state index < -0.39 is 16.7 Å². The lowest BCUT2D eigenvalue weighted by Gasteiger charge is -2.29. The van der Waals surface area contributed by atoms with Gasteiger partial charge >= 0.3 is 0 Å². The molecule has 0 fully saturated rings. The van der Waals surface area contributed by atoms with Crippen molar-refractivity contribution in [1.82, 2.24) is 5.32 Å². The maximum absolute atomic E-state index is 12.5. The van der Waals surface area contributed by atoms with Gasteiger partial charge in [0, 0.05) is 17.2 Å². The van der Waals surface area contributed by atoms with E-state index in [4.69, 9.17) is 16.3 Å². The van der Waals surface area contributed by atoms with Crippen LogP contribution in [-0.4, -0.2) is 29.9 Å². The second kappa shape index (κ2) is 7.63. The van der Waals surface area contributed by atoms with Crippen LogP contribution in [0.2, 0.25) is 5.02 Å². The van der Waals surface area contributed by atoms with E-state index in [1.165, 1.54) is 23.1 Å². The van der Waals surface area contributed by atoms with Gasteiger partial charge in [0.25, 0.3) is 11.6 Å². The van der Waals surface area contributed by atoms with Crippen molar-refractivity contribution in [2.24, 2.45) is 0 Å². The van der Waals surface area contributed by atoms with E-state index in [1.54, 1.807) is 25.1 Å². The number of benzene rings is 2. The molecule has 1 unspecified atom stereocenters. The van der Waals surface area contributed by atoms with Crippen LogP contribution in [0.5, 0.6) is 5.75 Å². The number of non-ortho nitro benzene ring substituents is 1. The minimum Gasteiger partial charge on any atom is -0.482 e. The van der Waals surface area contributed by atoms with Gasteiger partial charge in [-0.05, 0) is 24.6 Å².